The van der Waals surface area contributed by atoms with Crippen molar-refractivity contribution in [2.75, 3.05) is 0 Å². The second kappa shape index (κ2) is 6.74. The SMILES string of the molecule is CC(C)(C)CC(=O)NC1CC(C)(C)Cc2nc(-c3cnccn3)ncc21. The molecule has 0 saturated carbocycles. The Balaban J connectivity index is 1.89. The fraction of sp³-hybridized carbons (Fsp3) is 0.550. The lowest BCUT2D eigenvalue weighted by molar-refractivity contribution is -0.123. The van der Waals surface area contributed by atoms with Gasteiger partial charge in [0.25, 0.3) is 0 Å². The van der Waals surface area contributed by atoms with Gasteiger partial charge in [0.15, 0.2) is 5.82 Å². The fourth-order valence-corrected chi connectivity index (χ4v) is 3.44. The molecular weight excluding hydrogens is 326 g/mol. The third-order valence-electron chi connectivity index (χ3n) is 4.50. The number of aromatic nitrogens is 4. The van der Waals surface area contributed by atoms with Gasteiger partial charge in [-0.2, -0.15) is 0 Å². The van der Waals surface area contributed by atoms with E-state index in [9.17, 15) is 4.79 Å². The van der Waals surface area contributed by atoms with Gasteiger partial charge in [-0.3, -0.25) is 9.78 Å². The number of fused-ring (bicyclic) bond motifs is 1. The van der Waals surface area contributed by atoms with Crippen LogP contribution in [0, 0.1) is 10.8 Å². The molecule has 3 rings (SSSR count). The summed E-state index contributed by atoms with van der Waals surface area (Å²) >= 11 is 0. The maximum absolute atomic E-state index is 12.5. The van der Waals surface area contributed by atoms with Crippen molar-refractivity contribution in [3.05, 3.63) is 36.0 Å². The van der Waals surface area contributed by atoms with Crippen LogP contribution in [0.2, 0.25) is 0 Å². The average Bonchev–Trinajstić information content (AvgIpc) is 2.52. The lowest BCUT2D eigenvalue weighted by Gasteiger charge is -2.36. The summed E-state index contributed by atoms with van der Waals surface area (Å²) < 4.78 is 0. The maximum atomic E-state index is 12.5. The molecule has 26 heavy (non-hydrogen) atoms. The van der Waals surface area contributed by atoms with E-state index in [-0.39, 0.29) is 22.8 Å². The minimum absolute atomic E-state index is 0.0383. The van der Waals surface area contributed by atoms with Crippen molar-refractivity contribution in [2.45, 2.75) is 59.9 Å². The molecule has 2 heterocycles. The number of carbonyl (C=O) groups excluding carboxylic acids is 1. The van der Waals surface area contributed by atoms with E-state index in [2.05, 4.69) is 54.9 Å². The van der Waals surface area contributed by atoms with E-state index in [4.69, 9.17) is 4.98 Å². The van der Waals surface area contributed by atoms with Crippen molar-refractivity contribution in [3.8, 4) is 11.5 Å². The first-order valence-corrected chi connectivity index (χ1v) is 9.05. The summed E-state index contributed by atoms with van der Waals surface area (Å²) in [7, 11) is 0. The summed E-state index contributed by atoms with van der Waals surface area (Å²) in [5, 5.41) is 3.20. The van der Waals surface area contributed by atoms with E-state index in [1.54, 1.807) is 18.6 Å². The van der Waals surface area contributed by atoms with Gasteiger partial charge in [0.2, 0.25) is 5.91 Å². The lowest BCUT2D eigenvalue weighted by Crippen LogP contribution is -2.38. The Hall–Kier alpha value is -2.37. The molecule has 1 aliphatic carbocycles. The van der Waals surface area contributed by atoms with Crippen molar-refractivity contribution < 1.29 is 4.79 Å². The summed E-state index contributed by atoms with van der Waals surface area (Å²) in [6.45, 7) is 10.6. The largest absolute Gasteiger partial charge is 0.349 e. The Labute approximate surface area is 154 Å². The molecule has 1 N–H and O–H groups in total. The molecule has 0 aliphatic heterocycles. The molecule has 0 aromatic carbocycles. The van der Waals surface area contributed by atoms with Crippen LogP contribution >= 0.6 is 0 Å². The Kier molecular flexibility index (Phi) is 4.78. The predicted octanol–water partition coefficient (Wildman–Crippen LogP) is 3.50. The molecule has 6 heteroatoms. The third-order valence-corrected chi connectivity index (χ3v) is 4.50. The van der Waals surface area contributed by atoms with E-state index in [0.717, 1.165) is 24.1 Å². The van der Waals surface area contributed by atoms with Crippen LogP contribution in [0.15, 0.2) is 24.8 Å². The van der Waals surface area contributed by atoms with Gasteiger partial charge in [-0.25, -0.2) is 15.0 Å². The highest BCUT2D eigenvalue weighted by Gasteiger charge is 2.35. The van der Waals surface area contributed by atoms with Crippen LogP contribution in [0.3, 0.4) is 0 Å². The molecule has 6 nitrogen and oxygen atoms in total. The van der Waals surface area contributed by atoms with E-state index in [1.807, 2.05) is 6.20 Å². The van der Waals surface area contributed by atoms with Crippen molar-refractivity contribution >= 4 is 5.91 Å². The minimum Gasteiger partial charge on any atom is -0.349 e. The molecule has 1 amide bonds. The summed E-state index contributed by atoms with van der Waals surface area (Å²) in [5.41, 5.74) is 2.67. The average molecular weight is 353 g/mol. The van der Waals surface area contributed by atoms with Crippen molar-refractivity contribution in [1.82, 2.24) is 25.3 Å². The van der Waals surface area contributed by atoms with Crippen LogP contribution in [-0.4, -0.2) is 25.8 Å². The third kappa shape index (κ3) is 4.42. The second-order valence-electron chi connectivity index (χ2n) is 9.09. The van der Waals surface area contributed by atoms with E-state index >= 15 is 0 Å². The zero-order valence-electron chi connectivity index (χ0n) is 16.2. The van der Waals surface area contributed by atoms with Gasteiger partial charge in [-0.15, -0.1) is 0 Å². The molecule has 1 aliphatic rings. The van der Waals surface area contributed by atoms with Crippen LogP contribution in [0.25, 0.3) is 11.5 Å². The first kappa shape index (κ1) is 18.4. The van der Waals surface area contributed by atoms with Gasteiger partial charge in [0.1, 0.15) is 5.69 Å². The van der Waals surface area contributed by atoms with E-state index in [1.165, 1.54) is 0 Å². The first-order valence-electron chi connectivity index (χ1n) is 9.05. The van der Waals surface area contributed by atoms with E-state index < -0.39 is 0 Å². The fourth-order valence-electron chi connectivity index (χ4n) is 3.44. The van der Waals surface area contributed by atoms with Crippen molar-refractivity contribution in [1.29, 1.82) is 0 Å². The quantitative estimate of drug-likeness (QED) is 0.913. The zero-order valence-corrected chi connectivity index (χ0v) is 16.2. The van der Waals surface area contributed by atoms with Gasteiger partial charge >= 0.3 is 0 Å². The number of hydrogen-bond donors (Lipinski definition) is 1. The van der Waals surface area contributed by atoms with Gasteiger partial charge in [-0.05, 0) is 23.7 Å². The van der Waals surface area contributed by atoms with Gasteiger partial charge in [0, 0.05) is 30.6 Å². The molecule has 2 aromatic rings. The summed E-state index contributed by atoms with van der Waals surface area (Å²) in [6, 6.07) is -0.0560. The standard InChI is InChI=1S/C20H27N5O/c1-19(2,3)10-17(26)24-14-8-20(4,5)9-15-13(14)11-23-18(25-15)16-12-21-6-7-22-16/h6-7,11-12,14H,8-10H2,1-5H3,(H,24,26). The van der Waals surface area contributed by atoms with Crippen LogP contribution in [0.5, 0.6) is 0 Å². The normalized spacial score (nSPS) is 18.9. The molecule has 2 aromatic heterocycles. The molecule has 0 spiro atoms. The van der Waals surface area contributed by atoms with Crippen LogP contribution < -0.4 is 5.32 Å². The second-order valence-corrected chi connectivity index (χ2v) is 9.09. The van der Waals surface area contributed by atoms with Crippen LogP contribution in [0.4, 0.5) is 0 Å². The van der Waals surface area contributed by atoms with Crippen molar-refractivity contribution in [2.24, 2.45) is 10.8 Å². The highest BCUT2D eigenvalue weighted by Crippen LogP contribution is 2.40. The molecule has 0 radical (unpaired) electrons. The number of nitrogens with zero attached hydrogens (tertiary/aromatic N) is 4. The Bertz CT molecular complexity index is 796. The Morgan fingerprint density at radius 3 is 2.65 bits per heavy atom. The predicted molar refractivity (Wildman–Crippen MR) is 100 cm³/mol. The summed E-state index contributed by atoms with van der Waals surface area (Å²) in [5.74, 6) is 0.651. The number of rotatable bonds is 3. The Morgan fingerprint density at radius 1 is 1.23 bits per heavy atom. The molecule has 0 fully saturated rings. The van der Waals surface area contributed by atoms with Crippen LogP contribution in [0.1, 0.15) is 64.8 Å². The highest BCUT2D eigenvalue weighted by atomic mass is 16.1. The molecular formula is C20H27N5O. The van der Waals surface area contributed by atoms with Crippen LogP contribution in [-0.2, 0) is 11.2 Å². The molecule has 138 valence electrons. The monoisotopic (exact) mass is 353 g/mol. The number of carbonyl (C=O) groups is 1. The van der Waals surface area contributed by atoms with E-state index in [0.29, 0.717) is 17.9 Å². The van der Waals surface area contributed by atoms with Gasteiger partial charge < -0.3 is 5.32 Å². The minimum atomic E-state index is -0.0560. The number of nitrogens with one attached hydrogen (secondary N) is 1. The lowest BCUT2D eigenvalue weighted by atomic mass is 9.74. The molecule has 1 unspecified atom stereocenters. The Morgan fingerprint density at radius 2 is 2.00 bits per heavy atom. The van der Waals surface area contributed by atoms with Gasteiger partial charge in [-0.1, -0.05) is 34.6 Å². The zero-order chi connectivity index (χ0) is 18.9. The topological polar surface area (TPSA) is 80.7 Å². The molecule has 0 saturated heterocycles. The molecule has 0 bridgehead atoms. The number of hydrogen-bond acceptors (Lipinski definition) is 5. The van der Waals surface area contributed by atoms with Crippen molar-refractivity contribution in [3.63, 3.8) is 0 Å². The number of amides is 1. The smallest absolute Gasteiger partial charge is 0.221 e. The summed E-state index contributed by atoms with van der Waals surface area (Å²) in [4.78, 5) is 30.1. The molecule has 1 atom stereocenters. The first-order chi connectivity index (χ1) is 12.1. The summed E-state index contributed by atoms with van der Waals surface area (Å²) in [6.07, 6.45) is 9.00. The van der Waals surface area contributed by atoms with Gasteiger partial charge in [0.05, 0.1) is 17.9 Å². The highest BCUT2D eigenvalue weighted by molar-refractivity contribution is 5.77. The maximum Gasteiger partial charge on any atom is 0.221 e.